The minimum absolute atomic E-state index is 0.281. The molecule has 2 aromatic heterocycles. The number of hydrogen-bond acceptors (Lipinski definition) is 5. The van der Waals surface area contributed by atoms with Crippen molar-refractivity contribution in [3.05, 3.63) is 29.5 Å². The van der Waals surface area contributed by atoms with Crippen LogP contribution in [0.5, 0.6) is 0 Å². The molecule has 16 heavy (non-hydrogen) atoms. The van der Waals surface area contributed by atoms with Crippen molar-refractivity contribution in [3.63, 3.8) is 0 Å². The first-order valence-electron chi connectivity index (χ1n) is 4.54. The van der Waals surface area contributed by atoms with Crippen molar-refractivity contribution in [2.45, 2.75) is 0 Å². The Morgan fingerprint density at radius 2 is 2.44 bits per heavy atom. The van der Waals surface area contributed by atoms with E-state index in [-0.39, 0.29) is 5.91 Å². The van der Waals surface area contributed by atoms with Gasteiger partial charge in [0.05, 0.1) is 13.4 Å². The molecule has 2 rings (SSSR count). The van der Waals surface area contributed by atoms with E-state index in [9.17, 15) is 4.79 Å². The summed E-state index contributed by atoms with van der Waals surface area (Å²) in [5.74, 6) is 0.376. The van der Waals surface area contributed by atoms with Crippen molar-refractivity contribution in [2.75, 3.05) is 14.2 Å². The van der Waals surface area contributed by atoms with Crippen molar-refractivity contribution in [3.8, 4) is 10.8 Å². The Morgan fingerprint density at radius 3 is 3.06 bits per heavy atom. The SMILES string of the molecule is CON(C)C(=O)c1csc(-c2ccco2)n1. The molecular formula is C10H10N2O3S. The monoisotopic (exact) mass is 238 g/mol. The standard InChI is InChI=1S/C10H10N2O3S/c1-12(14-2)10(13)7-6-16-9(11-7)8-4-3-5-15-8/h3-6H,1-2H3. The molecule has 2 aromatic rings. The predicted molar refractivity (Wildman–Crippen MR) is 58.9 cm³/mol. The van der Waals surface area contributed by atoms with E-state index >= 15 is 0 Å². The zero-order valence-electron chi connectivity index (χ0n) is 8.84. The summed E-state index contributed by atoms with van der Waals surface area (Å²) in [6.45, 7) is 0. The van der Waals surface area contributed by atoms with E-state index in [2.05, 4.69) is 4.98 Å². The first-order chi connectivity index (χ1) is 7.72. The molecule has 0 bridgehead atoms. The average Bonchev–Trinajstić information content (AvgIpc) is 2.96. The first-order valence-corrected chi connectivity index (χ1v) is 5.42. The fourth-order valence-corrected chi connectivity index (χ4v) is 1.89. The van der Waals surface area contributed by atoms with Gasteiger partial charge in [-0.15, -0.1) is 11.3 Å². The summed E-state index contributed by atoms with van der Waals surface area (Å²) in [6.07, 6.45) is 1.57. The van der Waals surface area contributed by atoms with E-state index in [0.29, 0.717) is 16.5 Å². The maximum atomic E-state index is 11.7. The number of rotatable bonds is 3. The summed E-state index contributed by atoms with van der Waals surface area (Å²) < 4.78 is 5.19. The number of furan rings is 1. The third-order valence-electron chi connectivity index (χ3n) is 2.02. The molecule has 2 heterocycles. The molecule has 6 heteroatoms. The van der Waals surface area contributed by atoms with Gasteiger partial charge in [-0.05, 0) is 12.1 Å². The molecule has 5 nitrogen and oxygen atoms in total. The van der Waals surface area contributed by atoms with E-state index < -0.39 is 0 Å². The second-order valence-electron chi connectivity index (χ2n) is 3.00. The van der Waals surface area contributed by atoms with E-state index in [4.69, 9.17) is 9.25 Å². The highest BCUT2D eigenvalue weighted by Gasteiger charge is 2.16. The van der Waals surface area contributed by atoms with Crippen molar-refractivity contribution in [2.24, 2.45) is 0 Å². The molecule has 0 aromatic carbocycles. The maximum Gasteiger partial charge on any atom is 0.296 e. The molecule has 0 aliphatic carbocycles. The summed E-state index contributed by atoms with van der Waals surface area (Å²) in [4.78, 5) is 20.6. The van der Waals surface area contributed by atoms with Crippen molar-refractivity contribution < 1.29 is 14.0 Å². The molecule has 0 aliphatic rings. The summed E-state index contributed by atoms with van der Waals surface area (Å²) in [6, 6.07) is 3.58. The molecule has 0 radical (unpaired) electrons. The lowest BCUT2D eigenvalue weighted by Crippen LogP contribution is -2.25. The Balaban J connectivity index is 2.23. The summed E-state index contributed by atoms with van der Waals surface area (Å²) in [7, 11) is 2.96. The highest BCUT2D eigenvalue weighted by atomic mass is 32.1. The molecule has 0 fully saturated rings. The average molecular weight is 238 g/mol. The second kappa shape index (κ2) is 4.46. The van der Waals surface area contributed by atoms with Crippen molar-refractivity contribution >= 4 is 17.2 Å². The Morgan fingerprint density at radius 1 is 1.62 bits per heavy atom. The van der Waals surface area contributed by atoms with Crippen LogP contribution in [0.2, 0.25) is 0 Å². The van der Waals surface area contributed by atoms with Gasteiger partial charge in [-0.2, -0.15) is 0 Å². The summed E-state index contributed by atoms with van der Waals surface area (Å²) >= 11 is 1.36. The first kappa shape index (κ1) is 10.8. The van der Waals surface area contributed by atoms with Gasteiger partial charge >= 0.3 is 0 Å². The highest BCUT2D eigenvalue weighted by Crippen LogP contribution is 2.24. The fourth-order valence-electron chi connectivity index (χ4n) is 1.13. The topological polar surface area (TPSA) is 55.6 Å². The maximum absolute atomic E-state index is 11.7. The Labute approximate surface area is 96.2 Å². The fraction of sp³-hybridized carbons (Fsp3) is 0.200. The molecule has 0 aliphatic heterocycles. The zero-order chi connectivity index (χ0) is 11.5. The minimum atomic E-state index is -0.281. The number of hydrogen-bond donors (Lipinski definition) is 0. The summed E-state index contributed by atoms with van der Waals surface area (Å²) in [5.41, 5.74) is 0.348. The van der Waals surface area contributed by atoms with Crippen LogP contribution in [0.25, 0.3) is 10.8 Å². The van der Waals surface area contributed by atoms with Crippen LogP contribution in [0.4, 0.5) is 0 Å². The van der Waals surface area contributed by atoms with E-state index in [1.54, 1.807) is 23.8 Å². The van der Waals surface area contributed by atoms with Gasteiger partial charge in [0.1, 0.15) is 5.69 Å². The van der Waals surface area contributed by atoms with Gasteiger partial charge in [0.2, 0.25) is 0 Å². The Bertz CT molecular complexity index is 478. The quantitative estimate of drug-likeness (QED) is 0.768. The van der Waals surface area contributed by atoms with Crippen molar-refractivity contribution in [1.29, 1.82) is 0 Å². The van der Waals surface area contributed by atoms with Crippen LogP contribution >= 0.6 is 11.3 Å². The number of nitrogens with zero attached hydrogens (tertiary/aromatic N) is 2. The third kappa shape index (κ3) is 1.98. The molecule has 0 N–H and O–H groups in total. The zero-order valence-corrected chi connectivity index (χ0v) is 9.65. The van der Waals surface area contributed by atoms with E-state index in [1.165, 1.54) is 25.5 Å². The molecule has 0 spiro atoms. The smallest absolute Gasteiger partial charge is 0.296 e. The number of aromatic nitrogens is 1. The van der Waals surface area contributed by atoms with Gasteiger partial charge in [-0.1, -0.05) is 0 Å². The van der Waals surface area contributed by atoms with Gasteiger partial charge < -0.3 is 4.42 Å². The van der Waals surface area contributed by atoms with Crippen LogP contribution in [0.3, 0.4) is 0 Å². The number of carbonyl (C=O) groups excluding carboxylic acids is 1. The van der Waals surface area contributed by atoms with E-state index in [1.807, 2.05) is 0 Å². The Kier molecular flexibility index (Phi) is 3.02. The van der Waals surface area contributed by atoms with Crippen molar-refractivity contribution in [1.82, 2.24) is 10.0 Å². The number of hydroxylamine groups is 2. The normalized spacial score (nSPS) is 10.4. The van der Waals surface area contributed by atoms with E-state index in [0.717, 1.165) is 5.06 Å². The molecule has 0 saturated heterocycles. The Hall–Kier alpha value is -1.66. The van der Waals surface area contributed by atoms with Gasteiger partial charge in [0.25, 0.3) is 5.91 Å². The van der Waals surface area contributed by atoms with Crippen LogP contribution in [0.1, 0.15) is 10.5 Å². The number of amides is 1. The van der Waals surface area contributed by atoms with Gasteiger partial charge in [0, 0.05) is 12.4 Å². The lowest BCUT2D eigenvalue weighted by molar-refractivity contribution is -0.0760. The number of carbonyl (C=O) groups is 1. The van der Waals surface area contributed by atoms with Gasteiger partial charge in [-0.25, -0.2) is 10.0 Å². The molecule has 0 unspecified atom stereocenters. The molecular weight excluding hydrogens is 228 g/mol. The molecule has 0 saturated carbocycles. The van der Waals surface area contributed by atoms with Crippen LogP contribution in [0, 0.1) is 0 Å². The lowest BCUT2D eigenvalue weighted by atomic mass is 10.4. The molecule has 1 amide bonds. The molecule has 0 atom stereocenters. The van der Waals surface area contributed by atoms with Crippen LogP contribution in [0.15, 0.2) is 28.2 Å². The molecule has 84 valence electrons. The minimum Gasteiger partial charge on any atom is -0.462 e. The van der Waals surface area contributed by atoms with Crippen LogP contribution in [-0.4, -0.2) is 30.1 Å². The number of thiazole rings is 1. The van der Waals surface area contributed by atoms with Crippen LogP contribution < -0.4 is 0 Å². The summed E-state index contributed by atoms with van der Waals surface area (Å²) in [5, 5.41) is 3.48. The largest absolute Gasteiger partial charge is 0.462 e. The highest BCUT2D eigenvalue weighted by molar-refractivity contribution is 7.13. The third-order valence-corrected chi connectivity index (χ3v) is 2.87. The predicted octanol–water partition coefficient (Wildman–Crippen LogP) is 2.04. The van der Waals surface area contributed by atoms with Gasteiger partial charge in [0.15, 0.2) is 10.8 Å². The lowest BCUT2D eigenvalue weighted by Gasteiger charge is -2.10. The second-order valence-corrected chi connectivity index (χ2v) is 3.86. The van der Waals surface area contributed by atoms with Gasteiger partial charge in [-0.3, -0.25) is 9.63 Å². The van der Waals surface area contributed by atoms with Crippen LogP contribution in [-0.2, 0) is 4.84 Å².